The number of rotatable bonds is 7. The van der Waals surface area contributed by atoms with Crippen molar-refractivity contribution in [1.82, 2.24) is 5.32 Å². The molecule has 1 unspecified atom stereocenters. The van der Waals surface area contributed by atoms with Gasteiger partial charge in [-0.05, 0) is 55.8 Å². The molecule has 0 saturated carbocycles. The second kappa shape index (κ2) is 10.0. The van der Waals surface area contributed by atoms with E-state index in [1.807, 2.05) is 6.92 Å². The number of nitrogens with zero attached hydrogens (tertiary/aromatic N) is 1. The van der Waals surface area contributed by atoms with Gasteiger partial charge in [0.15, 0.2) is 0 Å². The summed E-state index contributed by atoms with van der Waals surface area (Å²) in [7, 11) is 0. The van der Waals surface area contributed by atoms with Crippen LogP contribution in [0.5, 0.6) is 0 Å². The Morgan fingerprint density at radius 2 is 2.13 bits per heavy atom. The van der Waals surface area contributed by atoms with Crippen molar-refractivity contribution in [2.24, 2.45) is 5.73 Å². The third-order valence-corrected chi connectivity index (χ3v) is 5.85. The first-order valence-electron chi connectivity index (χ1n) is 9.45. The van der Waals surface area contributed by atoms with Crippen LogP contribution < -0.4 is 21.3 Å². The molecule has 3 rings (SSSR count). The average Bonchev–Trinajstić information content (AvgIpc) is 3.15. The molecule has 0 bridgehead atoms. The predicted molar refractivity (Wildman–Crippen MR) is 117 cm³/mol. The minimum absolute atomic E-state index is 0.0633. The highest BCUT2D eigenvalue weighted by Crippen LogP contribution is 2.25. The number of nitrogens with two attached hydrogens (primary N) is 1. The van der Waals surface area contributed by atoms with Crippen LogP contribution in [0.25, 0.3) is 0 Å². The lowest BCUT2D eigenvalue weighted by molar-refractivity contribution is -0.125. The third kappa shape index (κ3) is 5.37. The number of halogens is 1. The number of aryl methyl sites for hydroxylation is 1. The van der Waals surface area contributed by atoms with Crippen molar-refractivity contribution < 1.29 is 19.1 Å². The lowest BCUT2D eigenvalue weighted by atomic mass is 10.1. The summed E-state index contributed by atoms with van der Waals surface area (Å²) in [5.41, 5.74) is 7.81. The van der Waals surface area contributed by atoms with Crippen LogP contribution in [0.3, 0.4) is 0 Å². The molecule has 1 aromatic carbocycles. The van der Waals surface area contributed by atoms with E-state index in [1.54, 1.807) is 35.2 Å². The van der Waals surface area contributed by atoms with Crippen LogP contribution in [0.1, 0.15) is 21.7 Å². The van der Waals surface area contributed by atoms with Crippen LogP contribution >= 0.6 is 22.9 Å². The van der Waals surface area contributed by atoms with Gasteiger partial charge in [0.2, 0.25) is 5.91 Å². The normalized spacial score (nSPS) is 15.0. The Labute approximate surface area is 183 Å². The molecule has 1 saturated heterocycles. The number of hydrogen-bond acceptors (Lipinski definition) is 6. The minimum atomic E-state index is -0.788. The first-order chi connectivity index (χ1) is 14.4. The van der Waals surface area contributed by atoms with Crippen LogP contribution in [0, 0.1) is 6.92 Å². The third-order valence-electron chi connectivity index (χ3n) is 4.62. The molecule has 1 aliphatic heterocycles. The number of amides is 3. The highest BCUT2D eigenvalue weighted by molar-refractivity contribution is 7.18. The van der Waals surface area contributed by atoms with Gasteiger partial charge in [0.1, 0.15) is 12.6 Å². The number of ether oxygens (including phenoxy) is 1. The van der Waals surface area contributed by atoms with Crippen molar-refractivity contribution in [3.63, 3.8) is 0 Å². The summed E-state index contributed by atoms with van der Waals surface area (Å²) >= 11 is 7.01. The second-order valence-corrected chi connectivity index (χ2v) is 8.51. The fourth-order valence-corrected chi connectivity index (χ4v) is 4.09. The van der Waals surface area contributed by atoms with E-state index in [2.05, 4.69) is 10.6 Å². The summed E-state index contributed by atoms with van der Waals surface area (Å²) in [4.78, 5) is 39.3. The van der Waals surface area contributed by atoms with Crippen LogP contribution in [-0.2, 0) is 14.3 Å². The van der Waals surface area contributed by atoms with Gasteiger partial charge in [-0.3, -0.25) is 14.4 Å². The molecule has 2 aromatic rings. The summed E-state index contributed by atoms with van der Waals surface area (Å²) < 4.78 is 5.66. The lowest BCUT2D eigenvalue weighted by Crippen LogP contribution is -2.44. The molecular weight excluding hydrogens is 428 g/mol. The largest absolute Gasteiger partial charge is 0.370 e. The number of hydrogen-bond donors (Lipinski definition) is 3. The van der Waals surface area contributed by atoms with Crippen LogP contribution in [-0.4, -0.2) is 50.1 Å². The molecule has 8 nitrogen and oxygen atoms in total. The summed E-state index contributed by atoms with van der Waals surface area (Å²) in [6, 6.07) is 7.75. The molecule has 4 N–H and O–H groups in total. The monoisotopic (exact) mass is 450 g/mol. The zero-order chi connectivity index (χ0) is 21.7. The van der Waals surface area contributed by atoms with E-state index < -0.39 is 6.04 Å². The van der Waals surface area contributed by atoms with E-state index in [0.717, 1.165) is 22.6 Å². The molecule has 0 aliphatic carbocycles. The number of carbonyl (C=O) groups is 3. The van der Waals surface area contributed by atoms with Gasteiger partial charge in [-0.1, -0.05) is 11.6 Å². The quantitative estimate of drug-likeness (QED) is 0.598. The van der Waals surface area contributed by atoms with E-state index in [4.69, 9.17) is 22.1 Å². The SMILES string of the molecule is Cc1cc(NC(=O)C(CCN)NC(=O)c2ccc(Cl)s2)ccc1N1CCOCC1=O. The average molecular weight is 451 g/mol. The number of morpholine rings is 1. The Balaban J connectivity index is 1.68. The van der Waals surface area contributed by atoms with Gasteiger partial charge in [0, 0.05) is 17.9 Å². The van der Waals surface area contributed by atoms with Crippen molar-refractivity contribution in [2.75, 3.05) is 36.5 Å². The Morgan fingerprint density at radius 1 is 1.33 bits per heavy atom. The molecule has 1 atom stereocenters. The Hall–Kier alpha value is -2.46. The van der Waals surface area contributed by atoms with Crippen molar-refractivity contribution in [3.05, 3.63) is 45.1 Å². The summed E-state index contributed by atoms with van der Waals surface area (Å²) in [5, 5.41) is 5.52. The van der Waals surface area contributed by atoms with Crippen LogP contribution in [0.4, 0.5) is 11.4 Å². The van der Waals surface area contributed by atoms with Crippen molar-refractivity contribution >= 4 is 52.0 Å². The summed E-state index contributed by atoms with van der Waals surface area (Å²) in [6.45, 7) is 3.14. The van der Waals surface area contributed by atoms with Gasteiger partial charge in [-0.2, -0.15) is 0 Å². The Kier molecular flexibility index (Phi) is 7.43. The highest BCUT2D eigenvalue weighted by atomic mass is 35.5. The van der Waals surface area contributed by atoms with Gasteiger partial charge >= 0.3 is 0 Å². The molecule has 3 amide bonds. The number of thiophene rings is 1. The van der Waals surface area contributed by atoms with Gasteiger partial charge in [0.05, 0.1) is 15.8 Å². The summed E-state index contributed by atoms with van der Waals surface area (Å²) in [5.74, 6) is -0.843. The van der Waals surface area contributed by atoms with E-state index in [0.29, 0.717) is 28.1 Å². The molecule has 1 aliphatic rings. The maximum atomic E-state index is 12.7. The standard InChI is InChI=1S/C20H23ClN4O4S/c1-12-10-13(2-3-15(12)25-8-9-29-11-18(25)26)23-19(27)14(6-7-22)24-20(28)16-4-5-17(21)30-16/h2-5,10,14H,6-9,11,22H2,1H3,(H,23,27)(H,24,28). The Bertz CT molecular complexity index is 949. The van der Waals surface area contributed by atoms with E-state index >= 15 is 0 Å². The predicted octanol–water partition coefficient (Wildman–Crippen LogP) is 2.16. The van der Waals surface area contributed by atoms with Gasteiger partial charge < -0.3 is 26.0 Å². The first kappa shape index (κ1) is 22.2. The number of nitrogens with one attached hydrogen (secondary N) is 2. The summed E-state index contributed by atoms with van der Waals surface area (Å²) in [6.07, 6.45) is 0.288. The fourth-order valence-electron chi connectivity index (χ4n) is 3.14. The topological polar surface area (TPSA) is 114 Å². The maximum Gasteiger partial charge on any atom is 0.262 e. The minimum Gasteiger partial charge on any atom is -0.370 e. The van der Waals surface area contributed by atoms with Crippen molar-refractivity contribution in [3.8, 4) is 0 Å². The second-order valence-electron chi connectivity index (χ2n) is 6.80. The number of benzene rings is 1. The smallest absolute Gasteiger partial charge is 0.262 e. The molecule has 160 valence electrons. The first-order valence-corrected chi connectivity index (χ1v) is 10.6. The molecule has 1 aromatic heterocycles. The van der Waals surface area contributed by atoms with Crippen LogP contribution in [0.15, 0.2) is 30.3 Å². The molecule has 30 heavy (non-hydrogen) atoms. The van der Waals surface area contributed by atoms with E-state index in [-0.39, 0.29) is 37.3 Å². The Morgan fingerprint density at radius 3 is 2.77 bits per heavy atom. The molecule has 10 heteroatoms. The van der Waals surface area contributed by atoms with Crippen molar-refractivity contribution in [2.45, 2.75) is 19.4 Å². The number of carbonyl (C=O) groups excluding carboxylic acids is 3. The lowest BCUT2D eigenvalue weighted by Gasteiger charge is -2.28. The van der Waals surface area contributed by atoms with Gasteiger partial charge in [-0.25, -0.2) is 0 Å². The van der Waals surface area contributed by atoms with E-state index in [1.165, 1.54) is 0 Å². The van der Waals surface area contributed by atoms with Gasteiger partial charge in [0.25, 0.3) is 11.8 Å². The van der Waals surface area contributed by atoms with Crippen LogP contribution in [0.2, 0.25) is 4.34 Å². The van der Waals surface area contributed by atoms with Gasteiger partial charge in [-0.15, -0.1) is 11.3 Å². The van der Waals surface area contributed by atoms with E-state index in [9.17, 15) is 14.4 Å². The molecule has 1 fully saturated rings. The molecule has 0 radical (unpaired) electrons. The molecule has 0 spiro atoms. The zero-order valence-corrected chi connectivity index (χ0v) is 18.0. The fraction of sp³-hybridized carbons (Fsp3) is 0.350. The highest BCUT2D eigenvalue weighted by Gasteiger charge is 2.24. The number of anilines is 2. The maximum absolute atomic E-state index is 12.7. The molecular formula is C20H23ClN4O4S. The van der Waals surface area contributed by atoms with Crippen molar-refractivity contribution in [1.29, 1.82) is 0 Å². The zero-order valence-electron chi connectivity index (χ0n) is 16.4. The molecule has 2 heterocycles.